The smallest absolute Gasteiger partial charge is 0.328 e. The van der Waals surface area contributed by atoms with Crippen molar-refractivity contribution in [2.45, 2.75) is 19.4 Å². The molecule has 0 saturated carbocycles. The van der Waals surface area contributed by atoms with E-state index >= 15 is 0 Å². The summed E-state index contributed by atoms with van der Waals surface area (Å²) in [4.78, 5) is 23.6. The van der Waals surface area contributed by atoms with Crippen LogP contribution < -0.4 is 5.32 Å². The predicted octanol–water partition coefficient (Wildman–Crippen LogP) is 2.00. The Labute approximate surface area is 113 Å². The minimum absolute atomic E-state index is 0.0534. The Hall–Kier alpha value is -2.15. The Balaban J connectivity index is 2.15. The van der Waals surface area contributed by atoms with Crippen molar-refractivity contribution >= 4 is 23.2 Å². The molecular weight excluding hydrogens is 268 g/mol. The topological polar surface area (TPSA) is 92.4 Å². The number of carbonyl (C=O) groups excluding carboxylic acids is 1. The highest BCUT2D eigenvalue weighted by Crippen LogP contribution is 2.25. The van der Waals surface area contributed by atoms with E-state index in [4.69, 9.17) is 9.63 Å². The Kier molecular flexibility index (Phi) is 3.39. The van der Waals surface area contributed by atoms with E-state index in [0.29, 0.717) is 5.76 Å². The molecule has 6 nitrogen and oxygen atoms in total. The molecule has 1 amide bonds. The SMILES string of the molecule is CC(C)(NC(=O)c1cc(-c2cccs2)on1)C(=O)O. The van der Waals surface area contributed by atoms with Crippen LogP contribution in [0.3, 0.4) is 0 Å². The third-order valence-corrected chi connectivity index (χ3v) is 3.35. The van der Waals surface area contributed by atoms with Gasteiger partial charge in [0.1, 0.15) is 5.54 Å². The van der Waals surface area contributed by atoms with Crippen molar-refractivity contribution in [3.63, 3.8) is 0 Å². The molecule has 0 aliphatic rings. The van der Waals surface area contributed by atoms with Crippen LogP contribution in [0.25, 0.3) is 10.6 Å². The Morgan fingerprint density at radius 1 is 1.47 bits per heavy atom. The average molecular weight is 280 g/mol. The molecule has 0 aromatic carbocycles. The lowest BCUT2D eigenvalue weighted by molar-refractivity contribution is -0.143. The highest BCUT2D eigenvalue weighted by molar-refractivity contribution is 7.13. The number of amides is 1. The number of carboxylic acids is 1. The molecule has 2 aromatic heterocycles. The van der Waals surface area contributed by atoms with Gasteiger partial charge in [0.2, 0.25) is 0 Å². The summed E-state index contributed by atoms with van der Waals surface area (Å²) in [5, 5.41) is 16.8. The number of nitrogens with zero attached hydrogens (tertiary/aromatic N) is 1. The van der Waals surface area contributed by atoms with E-state index in [2.05, 4.69) is 10.5 Å². The van der Waals surface area contributed by atoms with Crippen molar-refractivity contribution in [2.75, 3.05) is 0 Å². The van der Waals surface area contributed by atoms with Crippen LogP contribution >= 0.6 is 11.3 Å². The van der Waals surface area contributed by atoms with Crippen molar-refractivity contribution in [2.24, 2.45) is 0 Å². The molecule has 2 aromatic rings. The first-order valence-electron chi connectivity index (χ1n) is 5.46. The van der Waals surface area contributed by atoms with Gasteiger partial charge in [-0.15, -0.1) is 11.3 Å². The van der Waals surface area contributed by atoms with Crippen LogP contribution in [0, 0.1) is 0 Å². The normalized spacial score (nSPS) is 11.3. The fourth-order valence-electron chi connectivity index (χ4n) is 1.32. The lowest BCUT2D eigenvalue weighted by atomic mass is 10.1. The summed E-state index contributed by atoms with van der Waals surface area (Å²) in [6.45, 7) is 2.79. The van der Waals surface area contributed by atoms with E-state index in [9.17, 15) is 9.59 Å². The summed E-state index contributed by atoms with van der Waals surface area (Å²) in [6, 6.07) is 5.18. The third kappa shape index (κ3) is 2.82. The summed E-state index contributed by atoms with van der Waals surface area (Å²) < 4.78 is 5.06. The molecule has 0 unspecified atom stereocenters. The lowest BCUT2D eigenvalue weighted by Gasteiger charge is -2.19. The van der Waals surface area contributed by atoms with Crippen molar-refractivity contribution < 1.29 is 19.2 Å². The van der Waals surface area contributed by atoms with Gasteiger partial charge in [-0.25, -0.2) is 4.79 Å². The second-order valence-corrected chi connectivity index (χ2v) is 5.39. The van der Waals surface area contributed by atoms with Gasteiger partial charge in [-0.2, -0.15) is 0 Å². The molecule has 0 aliphatic carbocycles. The number of aliphatic carboxylic acids is 1. The van der Waals surface area contributed by atoms with Gasteiger partial charge < -0.3 is 14.9 Å². The lowest BCUT2D eigenvalue weighted by Crippen LogP contribution is -2.49. The quantitative estimate of drug-likeness (QED) is 0.893. The minimum atomic E-state index is -1.36. The molecular formula is C12H12N2O4S. The van der Waals surface area contributed by atoms with Gasteiger partial charge >= 0.3 is 5.97 Å². The maximum absolute atomic E-state index is 11.9. The second-order valence-electron chi connectivity index (χ2n) is 4.44. The zero-order valence-electron chi connectivity index (χ0n) is 10.3. The minimum Gasteiger partial charge on any atom is -0.480 e. The number of carbonyl (C=O) groups is 2. The van der Waals surface area contributed by atoms with Gasteiger partial charge in [0.25, 0.3) is 5.91 Å². The van der Waals surface area contributed by atoms with Crippen LogP contribution in [0.5, 0.6) is 0 Å². The van der Waals surface area contributed by atoms with Gasteiger partial charge in [-0.1, -0.05) is 11.2 Å². The van der Waals surface area contributed by atoms with Gasteiger partial charge in [0.05, 0.1) is 4.88 Å². The second kappa shape index (κ2) is 4.85. The maximum Gasteiger partial charge on any atom is 0.328 e. The standard InChI is InChI=1S/C12H12N2O4S/c1-12(2,11(16)17)13-10(15)7-6-8(18-14-7)9-4-3-5-19-9/h3-6H,1-2H3,(H,13,15)(H,16,17). The van der Waals surface area contributed by atoms with Gasteiger partial charge in [-0.05, 0) is 25.3 Å². The largest absolute Gasteiger partial charge is 0.480 e. The van der Waals surface area contributed by atoms with Crippen LogP contribution in [0.2, 0.25) is 0 Å². The number of aromatic nitrogens is 1. The first kappa shape index (κ1) is 13.3. The summed E-state index contributed by atoms with van der Waals surface area (Å²) in [6.07, 6.45) is 0. The first-order chi connectivity index (χ1) is 8.90. The molecule has 0 atom stereocenters. The number of rotatable bonds is 4. The average Bonchev–Trinajstić information content (AvgIpc) is 2.99. The molecule has 2 N–H and O–H groups in total. The van der Waals surface area contributed by atoms with Crippen LogP contribution in [0.1, 0.15) is 24.3 Å². The van der Waals surface area contributed by atoms with Crippen molar-refractivity contribution in [3.8, 4) is 10.6 Å². The van der Waals surface area contributed by atoms with E-state index in [1.807, 2.05) is 17.5 Å². The Morgan fingerprint density at radius 3 is 2.79 bits per heavy atom. The fraction of sp³-hybridized carbons (Fsp3) is 0.250. The zero-order chi connectivity index (χ0) is 14.0. The molecule has 0 saturated heterocycles. The molecule has 100 valence electrons. The van der Waals surface area contributed by atoms with Gasteiger partial charge in [0.15, 0.2) is 11.5 Å². The first-order valence-corrected chi connectivity index (χ1v) is 6.34. The van der Waals surface area contributed by atoms with Crippen molar-refractivity contribution in [1.82, 2.24) is 10.5 Å². The molecule has 0 spiro atoms. The number of carboxylic acid groups (broad SMARTS) is 1. The van der Waals surface area contributed by atoms with Crippen LogP contribution in [-0.2, 0) is 4.79 Å². The van der Waals surface area contributed by atoms with E-state index in [-0.39, 0.29) is 5.69 Å². The van der Waals surface area contributed by atoms with E-state index in [0.717, 1.165) is 4.88 Å². The van der Waals surface area contributed by atoms with E-state index in [1.54, 1.807) is 0 Å². The molecule has 7 heteroatoms. The van der Waals surface area contributed by atoms with E-state index in [1.165, 1.54) is 31.3 Å². The summed E-state index contributed by atoms with van der Waals surface area (Å²) in [7, 11) is 0. The van der Waals surface area contributed by atoms with Crippen LogP contribution in [0.15, 0.2) is 28.1 Å². The summed E-state index contributed by atoms with van der Waals surface area (Å²) >= 11 is 1.46. The number of nitrogens with one attached hydrogen (secondary N) is 1. The van der Waals surface area contributed by atoms with E-state index < -0.39 is 17.4 Å². The molecule has 0 radical (unpaired) electrons. The molecule has 2 rings (SSSR count). The molecule has 0 fully saturated rings. The fourth-order valence-corrected chi connectivity index (χ4v) is 1.99. The van der Waals surface area contributed by atoms with Crippen molar-refractivity contribution in [3.05, 3.63) is 29.3 Å². The summed E-state index contributed by atoms with van der Waals surface area (Å²) in [5.74, 6) is -1.23. The third-order valence-electron chi connectivity index (χ3n) is 2.47. The highest BCUT2D eigenvalue weighted by atomic mass is 32.1. The number of thiophene rings is 1. The van der Waals surface area contributed by atoms with Gasteiger partial charge in [0, 0.05) is 6.07 Å². The number of hydrogen-bond donors (Lipinski definition) is 2. The maximum atomic E-state index is 11.9. The monoisotopic (exact) mass is 280 g/mol. The predicted molar refractivity (Wildman–Crippen MR) is 69.0 cm³/mol. The van der Waals surface area contributed by atoms with Crippen LogP contribution in [0.4, 0.5) is 0 Å². The molecule has 19 heavy (non-hydrogen) atoms. The molecule has 2 heterocycles. The molecule has 0 aliphatic heterocycles. The van der Waals surface area contributed by atoms with Gasteiger partial charge in [-0.3, -0.25) is 4.79 Å². The van der Waals surface area contributed by atoms with Crippen LogP contribution in [-0.4, -0.2) is 27.7 Å². The van der Waals surface area contributed by atoms with Crippen molar-refractivity contribution in [1.29, 1.82) is 0 Å². The highest BCUT2D eigenvalue weighted by Gasteiger charge is 2.30. The summed E-state index contributed by atoms with van der Waals surface area (Å²) in [5.41, 5.74) is -1.31. The Morgan fingerprint density at radius 2 is 2.21 bits per heavy atom. The number of hydrogen-bond acceptors (Lipinski definition) is 5. The Bertz CT molecular complexity index is 601. The molecule has 0 bridgehead atoms. The zero-order valence-corrected chi connectivity index (χ0v) is 11.2.